The lowest BCUT2D eigenvalue weighted by Crippen LogP contribution is -2.66. The molecule has 0 bridgehead atoms. The first-order valence-corrected chi connectivity index (χ1v) is 33.5. The highest BCUT2D eigenvalue weighted by atomic mass is 32.2. The fourth-order valence-electron chi connectivity index (χ4n) is 11.3. The number of rotatable bonds is 22. The van der Waals surface area contributed by atoms with Crippen LogP contribution in [0.2, 0.25) is 10.1 Å². The third kappa shape index (κ3) is 11.5. The number of hydrogen-bond acceptors (Lipinski definition) is 4. The van der Waals surface area contributed by atoms with Crippen molar-refractivity contribution < 1.29 is 17.3 Å². The van der Waals surface area contributed by atoms with Crippen LogP contribution < -0.4 is 36.7 Å². The molecule has 0 saturated heterocycles. The SMILES string of the molecule is Cc1ccc(S(=O)(=O)N(CCCCO[Si](c2ccccc2)(c2ccccc2)C(C)(C)C)C(CCO[Si](c2ccccc2)(c2ccccc2)C(C)(C)C)C[P+](c2ccccc2)(c2ccccc2)c2ccccc2)cc1. The Hall–Kier alpha value is -5.55. The van der Waals surface area contributed by atoms with Gasteiger partial charge in [0.25, 0.3) is 16.6 Å². The number of unbranched alkanes of at least 4 members (excludes halogenated alkanes) is 1. The molecule has 0 N–H and O–H groups in total. The van der Waals surface area contributed by atoms with Gasteiger partial charge >= 0.3 is 0 Å². The summed E-state index contributed by atoms with van der Waals surface area (Å²) in [5, 5.41) is 8.02. The van der Waals surface area contributed by atoms with E-state index < -0.39 is 40.0 Å². The summed E-state index contributed by atoms with van der Waals surface area (Å²) in [6, 6.07) is 82.4. The summed E-state index contributed by atoms with van der Waals surface area (Å²) >= 11 is 0. The van der Waals surface area contributed by atoms with E-state index in [4.69, 9.17) is 8.85 Å². The number of hydrogen-bond donors (Lipinski definition) is 0. The summed E-state index contributed by atoms with van der Waals surface area (Å²) in [5.41, 5.74) is 1.01. The first-order chi connectivity index (χ1) is 35.6. The van der Waals surface area contributed by atoms with Crippen LogP contribution in [-0.4, -0.2) is 61.3 Å². The van der Waals surface area contributed by atoms with E-state index in [1.165, 1.54) is 36.7 Å². The molecule has 0 aliphatic rings. The highest BCUT2D eigenvalue weighted by molar-refractivity contribution is 7.95. The van der Waals surface area contributed by atoms with Crippen LogP contribution in [0.25, 0.3) is 0 Å². The summed E-state index contributed by atoms with van der Waals surface area (Å²) < 4.78 is 48.9. The van der Waals surface area contributed by atoms with Crippen molar-refractivity contribution >= 4 is 70.6 Å². The van der Waals surface area contributed by atoms with Crippen LogP contribution >= 0.6 is 7.26 Å². The van der Waals surface area contributed by atoms with Crippen LogP contribution in [0.5, 0.6) is 0 Å². The number of benzene rings is 8. The summed E-state index contributed by atoms with van der Waals surface area (Å²) in [6.45, 7) is 17.0. The molecular weight excluding hydrogens is 978 g/mol. The molecule has 0 aliphatic carbocycles. The molecule has 0 spiro atoms. The molecule has 1 atom stereocenters. The first-order valence-electron chi connectivity index (χ1n) is 26.3. The van der Waals surface area contributed by atoms with Gasteiger partial charge < -0.3 is 8.85 Å². The van der Waals surface area contributed by atoms with E-state index in [0.29, 0.717) is 50.1 Å². The minimum atomic E-state index is -4.08. The Morgan fingerprint density at radius 2 is 0.770 bits per heavy atom. The van der Waals surface area contributed by atoms with Gasteiger partial charge in [-0.1, -0.05) is 235 Å². The van der Waals surface area contributed by atoms with E-state index in [-0.39, 0.29) is 10.1 Å². The fourth-order valence-corrected chi connectivity index (χ4v) is 26.8. The summed E-state index contributed by atoms with van der Waals surface area (Å²) in [4.78, 5) is 0.299. The topological polar surface area (TPSA) is 55.8 Å². The zero-order valence-corrected chi connectivity index (χ0v) is 48.2. The van der Waals surface area contributed by atoms with E-state index in [9.17, 15) is 0 Å². The van der Waals surface area contributed by atoms with Crippen molar-refractivity contribution in [2.45, 2.75) is 88.7 Å². The molecule has 0 radical (unpaired) electrons. The van der Waals surface area contributed by atoms with Gasteiger partial charge in [-0.05, 0) is 106 Å². The number of aryl methyl sites for hydroxylation is 1. The zero-order valence-electron chi connectivity index (χ0n) is 44.5. The third-order valence-corrected chi connectivity index (χ3v) is 31.4. The van der Waals surface area contributed by atoms with Crippen molar-refractivity contribution in [3.8, 4) is 0 Å². The Labute approximate surface area is 446 Å². The molecule has 9 heteroatoms. The molecule has 0 saturated carbocycles. The van der Waals surface area contributed by atoms with Gasteiger partial charge in [0.15, 0.2) is 0 Å². The molecule has 1 unspecified atom stereocenters. The van der Waals surface area contributed by atoms with E-state index in [1.54, 1.807) is 12.1 Å². The minimum Gasteiger partial charge on any atom is -0.407 e. The number of sulfonamides is 1. The van der Waals surface area contributed by atoms with E-state index in [1.807, 2.05) is 23.4 Å². The molecule has 0 aromatic heterocycles. The molecule has 0 heterocycles. The van der Waals surface area contributed by atoms with Crippen molar-refractivity contribution in [2.75, 3.05) is 25.9 Å². The molecule has 0 aliphatic heterocycles. The van der Waals surface area contributed by atoms with E-state index in [2.05, 4.69) is 254 Å². The molecule has 0 amide bonds. The molecular formula is C65H75NO4PSSi2+. The highest BCUT2D eigenvalue weighted by Gasteiger charge is 2.53. The lowest BCUT2D eigenvalue weighted by molar-refractivity contribution is 0.232. The highest BCUT2D eigenvalue weighted by Crippen LogP contribution is 2.57. The van der Waals surface area contributed by atoms with Gasteiger partial charge in [-0.15, -0.1) is 0 Å². The molecule has 382 valence electrons. The second kappa shape index (κ2) is 24.0. The Morgan fingerprint density at radius 1 is 0.446 bits per heavy atom. The molecule has 8 aromatic carbocycles. The third-order valence-electron chi connectivity index (χ3n) is 14.8. The quantitative estimate of drug-likeness (QED) is 0.0386. The van der Waals surface area contributed by atoms with Crippen molar-refractivity contribution in [1.82, 2.24) is 4.31 Å². The summed E-state index contributed by atoms with van der Waals surface area (Å²) in [5.74, 6) is 0. The van der Waals surface area contributed by atoms with Gasteiger partial charge in [0.1, 0.15) is 23.2 Å². The van der Waals surface area contributed by atoms with Gasteiger partial charge in [0, 0.05) is 19.8 Å². The fraction of sp³-hybridized carbons (Fsp3) is 0.262. The lowest BCUT2D eigenvalue weighted by atomic mass is 10.2. The maximum absolute atomic E-state index is 15.9. The Morgan fingerprint density at radius 3 is 1.11 bits per heavy atom. The monoisotopic (exact) mass is 1050 g/mol. The van der Waals surface area contributed by atoms with Crippen molar-refractivity contribution in [1.29, 1.82) is 0 Å². The predicted molar refractivity (Wildman–Crippen MR) is 320 cm³/mol. The van der Waals surface area contributed by atoms with Crippen LogP contribution in [0.1, 0.15) is 66.4 Å². The van der Waals surface area contributed by atoms with Crippen LogP contribution in [0.15, 0.2) is 241 Å². The second-order valence-corrected chi connectivity index (χ2v) is 35.6. The van der Waals surface area contributed by atoms with Gasteiger partial charge in [-0.2, -0.15) is 4.31 Å². The zero-order chi connectivity index (χ0) is 52.3. The van der Waals surface area contributed by atoms with Gasteiger partial charge in [-0.3, -0.25) is 0 Å². The van der Waals surface area contributed by atoms with Crippen molar-refractivity contribution in [3.63, 3.8) is 0 Å². The van der Waals surface area contributed by atoms with Gasteiger partial charge in [0.05, 0.1) is 17.1 Å². The summed E-state index contributed by atoms with van der Waals surface area (Å²) in [6.07, 6.45) is 2.32. The van der Waals surface area contributed by atoms with E-state index in [0.717, 1.165) is 5.56 Å². The Bertz CT molecular complexity index is 2890. The second-order valence-electron chi connectivity index (χ2n) is 21.6. The van der Waals surface area contributed by atoms with Crippen LogP contribution in [-0.2, 0) is 18.9 Å². The van der Waals surface area contributed by atoms with Crippen LogP contribution in [0.3, 0.4) is 0 Å². The largest absolute Gasteiger partial charge is 0.407 e. The molecule has 74 heavy (non-hydrogen) atoms. The van der Waals surface area contributed by atoms with Crippen LogP contribution in [0, 0.1) is 6.92 Å². The van der Waals surface area contributed by atoms with E-state index >= 15 is 8.42 Å². The minimum absolute atomic E-state index is 0.188. The predicted octanol–water partition coefficient (Wildman–Crippen LogP) is 11.7. The van der Waals surface area contributed by atoms with Crippen LogP contribution in [0.4, 0.5) is 0 Å². The Kier molecular flexibility index (Phi) is 17.7. The van der Waals surface area contributed by atoms with Gasteiger partial charge in [-0.25, -0.2) is 8.42 Å². The molecule has 0 fully saturated rings. The normalized spacial score (nSPS) is 13.2. The molecule has 5 nitrogen and oxygen atoms in total. The maximum Gasteiger partial charge on any atom is 0.261 e. The van der Waals surface area contributed by atoms with Crippen molar-refractivity contribution in [3.05, 3.63) is 242 Å². The summed E-state index contributed by atoms with van der Waals surface area (Å²) in [7, 11) is -12.5. The molecule has 8 aromatic rings. The van der Waals surface area contributed by atoms with Crippen molar-refractivity contribution in [2.24, 2.45) is 0 Å². The average Bonchev–Trinajstić information content (AvgIpc) is 3.42. The lowest BCUT2D eigenvalue weighted by Gasteiger charge is -2.43. The molecule has 8 rings (SSSR count). The average molecular weight is 1050 g/mol. The number of nitrogens with zero attached hydrogens (tertiary/aromatic N) is 1. The standard InChI is InChI=1S/C65H75NO4PSSi2/c1-54-45-47-59(48-46-54)72(67,68)66(50-29-30-51-69-73(64(2,3)4,60-37-21-11-22-38-60)61-39-23-12-24-40-61)55(49-52-70-74(65(5,6)7,62-41-25-13-26-42-62)63-43-27-14-28-44-63)53-71(56-31-15-8-16-32-56,57-33-17-9-18-34-57)58-35-19-10-20-36-58/h8-28,31-48,55H,29-30,49-53H2,1-7H3/q+1. The first kappa shape index (κ1) is 54.7. The maximum atomic E-state index is 15.9. The van der Waals surface area contributed by atoms with Gasteiger partial charge in [0.2, 0.25) is 10.0 Å². The Balaban J connectivity index is 1.25. The smallest absolute Gasteiger partial charge is 0.261 e.